The number of rotatable bonds is 14. The summed E-state index contributed by atoms with van der Waals surface area (Å²) in [4.78, 5) is 19.9. The highest BCUT2D eigenvalue weighted by Gasteiger charge is 2.36. The van der Waals surface area contributed by atoms with Crippen molar-refractivity contribution in [1.29, 1.82) is 0 Å². The molecule has 3 N–H and O–H groups in total. The molecule has 0 aromatic carbocycles. The van der Waals surface area contributed by atoms with Crippen LogP contribution in [0, 0.1) is 0 Å². The third-order valence-electron chi connectivity index (χ3n) is 5.85. The molecule has 2 aromatic heterocycles. The zero-order chi connectivity index (χ0) is 28.7. The minimum atomic E-state index is -1.55. The van der Waals surface area contributed by atoms with Crippen LogP contribution >= 0.6 is 39.3 Å². The number of carbonyl (C=O) groups is 1. The molecule has 1 fully saturated rings. The maximum Gasteiger partial charge on any atom is 0.273 e. The summed E-state index contributed by atoms with van der Waals surface area (Å²) in [7, 11) is 1.58. The van der Waals surface area contributed by atoms with Crippen LogP contribution in [0.25, 0.3) is 5.82 Å². The van der Waals surface area contributed by atoms with Gasteiger partial charge in [-0.25, -0.2) is 14.1 Å². The van der Waals surface area contributed by atoms with Gasteiger partial charge in [-0.2, -0.15) is 5.10 Å². The summed E-state index contributed by atoms with van der Waals surface area (Å²) in [6.45, 7) is 7.69. The average Bonchev–Trinajstić information content (AvgIpc) is 3.32. The SMILES string of the molecule is CCN(CC(C)(C)F)C(=O)c1ncc(Br)cc1SC(OC1COC1C)C(CN/C=C(\N)n1ccc(Cl)n1)OC. The molecule has 0 bridgehead atoms. The smallest absolute Gasteiger partial charge is 0.273 e. The highest BCUT2D eigenvalue weighted by atomic mass is 79.9. The van der Waals surface area contributed by atoms with E-state index in [0.29, 0.717) is 40.0 Å². The maximum absolute atomic E-state index is 14.4. The van der Waals surface area contributed by atoms with Crippen LogP contribution in [0.2, 0.25) is 5.15 Å². The number of hydrogen-bond acceptors (Lipinski definition) is 9. The Kier molecular flexibility index (Phi) is 11.5. The monoisotopic (exact) mass is 648 g/mol. The Balaban J connectivity index is 1.84. The molecule has 3 rings (SSSR count). The number of pyridine rings is 1. The van der Waals surface area contributed by atoms with Crippen molar-refractivity contribution < 1.29 is 23.4 Å². The normalized spacial score (nSPS) is 19.3. The molecule has 216 valence electrons. The predicted octanol–water partition coefficient (Wildman–Crippen LogP) is 4.15. The zero-order valence-electron chi connectivity index (χ0n) is 22.6. The predicted molar refractivity (Wildman–Crippen MR) is 153 cm³/mol. The maximum atomic E-state index is 14.4. The van der Waals surface area contributed by atoms with Gasteiger partial charge in [0.1, 0.15) is 34.8 Å². The Morgan fingerprint density at radius 2 is 2.28 bits per heavy atom. The highest BCUT2D eigenvalue weighted by molar-refractivity contribution is 9.10. The minimum absolute atomic E-state index is 0.0547. The lowest BCUT2D eigenvalue weighted by atomic mass is 10.1. The molecular weight excluding hydrogens is 615 g/mol. The van der Waals surface area contributed by atoms with Crippen molar-refractivity contribution in [2.75, 3.05) is 33.4 Å². The standard InChI is InChI=1S/C25H35BrClFN6O4S/c1-6-33(14-25(3,4)28)23(35)22-19(9-16(26)10-31-22)39-24(38-18-13-37-15(18)2)17(36-5)11-30-12-21(29)34-8-7-20(27)32-34/h7-10,12,15,17-18,24,30H,6,11,13-14,29H2,1-5H3/b21-12+. The van der Waals surface area contributed by atoms with E-state index in [1.807, 2.05) is 13.8 Å². The number of hydrogen-bond donors (Lipinski definition) is 2. The molecule has 1 aliphatic heterocycles. The summed E-state index contributed by atoms with van der Waals surface area (Å²) < 4.78 is 34.3. The van der Waals surface area contributed by atoms with Crippen molar-refractivity contribution in [1.82, 2.24) is 25.0 Å². The molecule has 10 nitrogen and oxygen atoms in total. The first-order valence-electron chi connectivity index (χ1n) is 12.4. The van der Waals surface area contributed by atoms with Crippen molar-refractivity contribution in [3.8, 4) is 0 Å². The number of amides is 1. The molecule has 2 aromatic rings. The van der Waals surface area contributed by atoms with Crippen LogP contribution < -0.4 is 11.1 Å². The van der Waals surface area contributed by atoms with Crippen molar-refractivity contribution in [2.24, 2.45) is 5.73 Å². The van der Waals surface area contributed by atoms with Crippen molar-refractivity contribution in [3.63, 3.8) is 0 Å². The second-order valence-electron chi connectivity index (χ2n) is 9.57. The number of aromatic nitrogens is 3. The lowest BCUT2D eigenvalue weighted by Crippen LogP contribution is -2.49. The van der Waals surface area contributed by atoms with Gasteiger partial charge in [0.15, 0.2) is 5.15 Å². The largest absolute Gasteiger partial charge is 0.385 e. The minimum Gasteiger partial charge on any atom is -0.385 e. The van der Waals surface area contributed by atoms with Crippen LogP contribution in [0.4, 0.5) is 4.39 Å². The van der Waals surface area contributed by atoms with E-state index in [2.05, 4.69) is 31.3 Å². The third kappa shape index (κ3) is 9.05. The van der Waals surface area contributed by atoms with E-state index < -0.39 is 17.2 Å². The van der Waals surface area contributed by atoms with E-state index >= 15 is 0 Å². The molecule has 39 heavy (non-hydrogen) atoms. The molecule has 0 aliphatic carbocycles. The fourth-order valence-electron chi connectivity index (χ4n) is 3.69. The van der Waals surface area contributed by atoms with Crippen molar-refractivity contribution >= 4 is 51.0 Å². The molecule has 1 amide bonds. The Bertz CT molecular complexity index is 1150. The lowest BCUT2D eigenvalue weighted by Gasteiger charge is -2.38. The van der Waals surface area contributed by atoms with Gasteiger partial charge in [-0.1, -0.05) is 23.4 Å². The molecule has 0 radical (unpaired) electrons. The molecule has 0 saturated carbocycles. The number of thioether (sulfide) groups is 1. The molecule has 4 atom stereocenters. The molecule has 1 aliphatic rings. The van der Waals surface area contributed by atoms with Crippen LogP contribution in [0.1, 0.15) is 38.2 Å². The molecule has 3 heterocycles. The topological polar surface area (TPSA) is 117 Å². The molecule has 1 saturated heterocycles. The van der Waals surface area contributed by atoms with Crippen LogP contribution in [0.3, 0.4) is 0 Å². The number of nitrogens with two attached hydrogens (primary N) is 1. The fraction of sp³-hybridized carbons (Fsp3) is 0.560. The van der Waals surface area contributed by atoms with Gasteiger partial charge >= 0.3 is 0 Å². The second kappa shape index (κ2) is 14.1. The average molecular weight is 650 g/mol. The van der Waals surface area contributed by atoms with Crippen molar-refractivity contribution in [3.05, 3.63) is 46.0 Å². The summed E-state index contributed by atoms with van der Waals surface area (Å²) in [6.07, 6.45) is 4.09. The van der Waals surface area contributed by atoms with E-state index in [1.54, 1.807) is 37.8 Å². The number of nitrogens with one attached hydrogen (secondary N) is 1. The summed E-state index contributed by atoms with van der Waals surface area (Å²) >= 11 is 10.6. The summed E-state index contributed by atoms with van der Waals surface area (Å²) in [5, 5.41) is 7.54. The van der Waals surface area contributed by atoms with Crippen LogP contribution in [0.5, 0.6) is 0 Å². The van der Waals surface area contributed by atoms with Gasteiger partial charge in [-0.05, 0) is 55.8 Å². The number of ether oxygens (including phenoxy) is 3. The van der Waals surface area contributed by atoms with Crippen LogP contribution in [-0.2, 0) is 14.2 Å². The van der Waals surface area contributed by atoms with Gasteiger partial charge in [-0.3, -0.25) is 4.79 Å². The van der Waals surface area contributed by atoms with Gasteiger partial charge in [0, 0.05) is 48.2 Å². The second-order valence-corrected chi connectivity index (χ2v) is 12.0. The summed E-state index contributed by atoms with van der Waals surface area (Å²) in [6, 6.07) is 3.43. The van der Waals surface area contributed by atoms with Crippen LogP contribution in [0.15, 0.2) is 40.1 Å². The Hall–Kier alpha value is -1.90. The lowest BCUT2D eigenvalue weighted by molar-refractivity contribution is -0.197. The van der Waals surface area contributed by atoms with Crippen molar-refractivity contribution in [2.45, 2.75) is 62.0 Å². The quantitative estimate of drug-likeness (QED) is 0.230. The Labute approximate surface area is 245 Å². The van der Waals surface area contributed by atoms with Gasteiger partial charge in [0.2, 0.25) is 0 Å². The van der Waals surface area contributed by atoms with Gasteiger partial charge < -0.3 is 30.2 Å². The number of methoxy groups -OCH3 is 1. The molecule has 4 unspecified atom stereocenters. The van der Waals surface area contributed by atoms with Crippen LogP contribution in [-0.4, -0.2) is 88.3 Å². The summed E-state index contributed by atoms with van der Waals surface area (Å²) in [5.74, 6) is -0.0274. The number of carbonyl (C=O) groups excluding carboxylic acids is 1. The highest BCUT2D eigenvalue weighted by Crippen LogP contribution is 2.34. The van der Waals surface area contributed by atoms with Gasteiger partial charge in [0.25, 0.3) is 5.91 Å². The van der Waals surface area contributed by atoms with Gasteiger partial charge in [0.05, 0.1) is 19.3 Å². The first-order chi connectivity index (χ1) is 18.4. The first-order valence-corrected chi connectivity index (χ1v) is 14.5. The Morgan fingerprint density at radius 1 is 1.54 bits per heavy atom. The fourth-order valence-corrected chi connectivity index (χ4v) is 5.56. The molecular formula is C25H35BrClFN6O4S. The third-order valence-corrected chi connectivity index (χ3v) is 7.70. The molecule has 0 spiro atoms. The number of halogens is 3. The van der Waals surface area contributed by atoms with E-state index in [0.717, 1.165) is 0 Å². The molecule has 14 heteroatoms. The summed E-state index contributed by atoms with van der Waals surface area (Å²) in [5.41, 5.74) is 4.19. The van der Waals surface area contributed by atoms with E-state index in [1.165, 1.54) is 35.2 Å². The number of alkyl halides is 1. The number of nitrogens with zero attached hydrogens (tertiary/aromatic N) is 4. The Morgan fingerprint density at radius 3 is 2.82 bits per heavy atom. The zero-order valence-corrected chi connectivity index (χ0v) is 25.7. The van der Waals surface area contributed by atoms with E-state index in [9.17, 15) is 9.18 Å². The van der Waals surface area contributed by atoms with E-state index in [-0.39, 0.29) is 30.4 Å². The first kappa shape index (κ1) is 31.6. The van der Waals surface area contributed by atoms with Gasteiger partial charge in [-0.15, -0.1) is 0 Å². The van der Waals surface area contributed by atoms with E-state index in [4.69, 9.17) is 31.5 Å².